The molecule has 0 bridgehead atoms. The fraction of sp³-hybridized carbons (Fsp3) is 0.583. The van der Waals surface area contributed by atoms with Gasteiger partial charge in [0.25, 0.3) is 0 Å². The standard InChI is InChI=1S/C12H18N2O2/c1-9-4-6-14(7-11(9)15)8-12(16)10-3-2-5-13-10/h2-3,5,9,11,13,15H,4,6-8H2,1H3. The number of β-amino-alcohol motifs (C(OH)–C–C–N with tert-alkyl or cyclic N) is 1. The van der Waals surface area contributed by atoms with Gasteiger partial charge in [-0.25, -0.2) is 0 Å². The summed E-state index contributed by atoms with van der Waals surface area (Å²) in [5, 5.41) is 9.73. The van der Waals surface area contributed by atoms with Crippen molar-refractivity contribution in [1.82, 2.24) is 9.88 Å². The predicted octanol–water partition coefficient (Wildman–Crippen LogP) is 0.900. The Morgan fingerprint density at radius 2 is 2.50 bits per heavy atom. The number of H-pyrrole nitrogens is 1. The van der Waals surface area contributed by atoms with Crippen LogP contribution in [-0.4, -0.2) is 46.5 Å². The first-order valence-electron chi connectivity index (χ1n) is 5.74. The highest BCUT2D eigenvalue weighted by atomic mass is 16.3. The van der Waals surface area contributed by atoms with Crippen LogP contribution in [0.25, 0.3) is 0 Å². The molecule has 1 aliphatic heterocycles. The molecule has 2 heterocycles. The number of Topliss-reactive ketones (excluding diaryl/α,β-unsaturated/α-hetero) is 1. The topological polar surface area (TPSA) is 56.3 Å². The molecule has 0 radical (unpaired) electrons. The molecule has 2 N–H and O–H groups in total. The average Bonchev–Trinajstić information content (AvgIpc) is 2.77. The third kappa shape index (κ3) is 2.51. The second-order valence-electron chi connectivity index (χ2n) is 4.58. The molecule has 2 atom stereocenters. The van der Waals surface area contributed by atoms with Crippen LogP contribution in [0.1, 0.15) is 23.8 Å². The zero-order valence-corrected chi connectivity index (χ0v) is 9.52. The molecule has 0 aromatic carbocycles. The van der Waals surface area contributed by atoms with Gasteiger partial charge in [0.05, 0.1) is 18.3 Å². The Labute approximate surface area is 95.3 Å². The lowest BCUT2D eigenvalue weighted by Gasteiger charge is -2.33. The first kappa shape index (κ1) is 11.4. The minimum atomic E-state index is -0.301. The summed E-state index contributed by atoms with van der Waals surface area (Å²) in [6.07, 6.45) is 2.41. The summed E-state index contributed by atoms with van der Waals surface area (Å²) in [6.45, 7) is 3.94. The SMILES string of the molecule is CC1CCN(CC(=O)c2ccc[nH]2)CC1O. The fourth-order valence-corrected chi connectivity index (χ4v) is 2.05. The maximum absolute atomic E-state index is 11.8. The quantitative estimate of drug-likeness (QED) is 0.747. The first-order valence-corrected chi connectivity index (χ1v) is 5.74. The van der Waals surface area contributed by atoms with Crippen molar-refractivity contribution < 1.29 is 9.90 Å². The normalized spacial score (nSPS) is 26.9. The zero-order chi connectivity index (χ0) is 11.5. The highest BCUT2D eigenvalue weighted by Gasteiger charge is 2.25. The first-order chi connectivity index (χ1) is 7.66. The van der Waals surface area contributed by atoms with Gasteiger partial charge in [-0.15, -0.1) is 0 Å². The molecule has 2 rings (SSSR count). The third-order valence-electron chi connectivity index (χ3n) is 3.27. The smallest absolute Gasteiger partial charge is 0.192 e. The number of piperidine rings is 1. The van der Waals surface area contributed by atoms with Crippen molar-refractivity contribution in [1.29, 1.82) is 0 Å². The summed E-state index contributed by atoms with van der Waals surface area (Å²) < 4.78 is 0. The van der Waals surface area contributed by atoms with Gasteiger partial charge in [-0.2, -0.15) is 0 Å². The van der Waals surface area contributed by atoms with E-state index >= 15 is 0 Å². The summed E-state index contributed by atoms with van der Waals surface area (Å²) in [6, 6.07) is 3.60. The second-order valence-corrected chi connectivity index (χ2v) is 4.58. The van der Waals surface area contributed by atoms with Crippen molar-refractivity contribution >= 4 is 5.78 Å². The van der Waals surface area contributed by atoms with Gasteiger partial charge in [0.15, 0.2) is 5.78 Å². The molecule has 1 aromatic heterocycles. The van der Waals surface area contributed by atoms with Gasteiger partial charge in [0.2, 0.25) is 0 Å². The highest BCUT2D eigenvalue weighted by Crippen LogP contribution is 2.16. The van der Waals surface area contributed by atoms with E-state index in [1.807, 2.05) is 11.0 Å². The number of carbonyl (C=O) groups is 1. The highest BCUT2D eigenvalue weighted by molar-refractivity contribution is 5.95. The molecule has 4 heteroatoms. The molecule has 0 spiro atoms. The molecule has 16 heavy (non-hydrogen) atoms. The number of aromatic nitrogens is 1. The monoisotopic (exact) mass is 222 g/mol. The van der Waals surface area contributed by atoms with Crippen molar-refractivity contribution in [3.63, 3.8) is 0 Å². The lowest BCUT2D eigenvalue weighted by molar-refractivity contribution is 0.0294. The second kappa shape index (κ2) is 4.80. The van der Waals surface area contributed by atoms with Crippen molar-refractivity contribution in [2.75, 3.05) is 19.6 Å². The lowest BCUT2D eigenvalue weighted by atomic mass is 9.96. The molecular formula is C12H18N2O2. The summed E-state index contributed by atoms with van der Waals surface area (Å²) in [5.41, 5.74) is 0.646. The van der Waals surface area contributed by atoms with Crippen LogP contribution in [0.2, 0.25) is 0 Å². The van der Waals surface area contributed by atoms with E-state index in [-0.39, 0.29) is 11.9 Å². The number of nitrogens with zero attached hydrogens (tertiary/aromatic N) is 1. The lowest BCUT2D eigenvalue weighted by Crippen LogP contribution is -2.44. The minimum absolute atomic E-state index is 0.0896. The summed E-state index contributed by atoms with van der Waals surface area (Å²) in [4.78, 5) is 16.7. The van der Waals surface area contributed by atoms with Crippen LogP contribution in [0, 0.1) is 5.92 Å². The van der Waals surface area contributed by atoms with Gasteiger partial charge in [-0.1, -0.05) is 6.92 Å². The Hall–Kier alpha value is -1.13. The van der Waals surface area contributed by atoms with Crippen molar-refractivity contribution in [3.8, 4) is 0 Å². The number of hydrogen-bond acceptors (Lipinski definition) is 3. The van der Waals surface area contributed by atoms with E-state index in [1.54, 1.807) is 12.3 Å². The van der Waals surface area contributed by atoms with Crippen LogP contribution >= 0.6 is 0 Å². The van der Waals surface area contributed by atoms with Crippen molar-refractivity contribution in [2.24, 2.45) is 5.92 Å². The van der Waals surface area contributed by atoms with Crippen LogP contribution < -0.4 is 0 Å². The van der Waals surface area contributed by atoms with Crippen molar-refractivity contribution in [2.45, 2.75) is 19.4 Å². The van der Waals surface area contributed by atoms with Gasteiger partial charge >= 0.3 is 0 Å². The maximum atomic E-state index is 11.8. The predicted molar refractivity (Wildman–Crippen MR) is 61.4 cm³/mol. The number of nitrogens with one attached hydrogen (secondary N) is 1. The molecule has 4 nitrogen and oxygen atoms in total. The number of rotatable bonds is 3. The largest absolute Gasteiger partial charge is 0.392 e. The summed E-state index contributed by atoms with van der Waals surface area (Å²) in [7, 11) is 0. The molecule has 0 amide bonds. The van der Waals surface area contributed by atoms with E-state index in [2.05, 4.69) is 11.9 Å². The van der Waals surface area contributed by atoms with E-state index < -0.39 is 0 Å². The number of aliphatic hydroxyl groups is 1. The molecule has 1 aliphatic rings. The van der Waals surface area contributed by atoms with Gasteiger partial charge in [0, 0.05) is 12.7 Å². The molecule has 1 saturated heterocycles. The molecule has 1 fully saturated rings. The van der Waals surface area contributed by atoms with E-state index in [4.69, 9.17) is 0 Å². The van der Waals surface area contributed by atoms with Gasteiger partial charge in [-0.05, 0) is 31.0 Å². The number of aromatic amines is 1. The Morgan fingerprint density at radius 3 is 3.12 bits per heavy atom. The number of carbonyl (C=O) groups excluding carboxylic acids is 1. The Balaban J connectivity index is 1.89. The fourth-order valence-electron chi connectivity index (χ4n) is 2.05. The molecule has 1 aromatic rings. The molecular weight excluding hydrogens is 204 g/mol. The molecule has 2 unspecified atom stereocenters. The zero-order valence-electron chi connectivity index (χ0n) is 9.52. The van der Waals surface area contributed by atoms with E-state index in [9.17, 15) is 9.90 Å². The van der Waals surface area contributed by atoms with Crippen LogP contribution in [0.15, 0.2) is 18.3 Å². The summed E-state index contributed by atoms with van der Waals surface area (Å²) >= 11 is 0. The number of aliphatic hydroxyl groups excluding tert-OH is 1. The Morgan fingerprint density at radius 1 is 1.69 bits per heavy atom. The Bertz CT molecular complexity index is 348. The van der Waals surface area contributed by atoms with Gasteiger partial charge < -0.3 is 10.1 Å². The van der Waals surface area contributed by atoms with Gasteiger partial charge in [-0.3, -0.25) is 9.69 Å². The summed E-state index contributed by atoms with van der Waals surface area (Å²) in [5.74, 6) is 0.434. The molecule has 0 saturated carbocycles. The number of ketones is 1. The minimum Gasteiger partial charge on any atom is -0.392 e. The maximum Gasteiger partial charge on any atom is 0.192 e. The van der Waals surface area contributed by atoms with E-state index in [1.165, 1.54) is 0 Å². The number of likely N-dealkylation sites (tertiary alicyclic amines) is 1. The Kier molecular flexibility index (Phi) is 3.41. The van der Waals surface area contributed by atoms with Crippen LogP contribution in [0.4, 0.5) is 0 Å². The van der Waals surface area contributed by atoms with Crippen LogP contribution in [-0.2, 0) is 0 Å². The number of hydrogen-bond donors (Lipinski definition) is 2. The van der Waals surface area contributed by atoms with Crippen molar-refractivity contribution in [3.05, 3.63) is 24.0 Å². The van der Waals surface area contributed by atoms with Gasteiger partial charge in [0.1, 0.15) is 0 Å². The molecule has 0 aliphatic carbocycles. The van der Waals surface area contributed by atoms with Crippen LogP contribution in [0.5, 0.6) is 0 Å². The molecule has 88 valence electrons. The van der Waals surface area contributed by atoms with E-state index in [0.29, 0.717) is 24.7 Å². The third-order valence-corrected chi connectivity index (χ3v) is 3.27. The average molecular weight is 222 g/mol. The van der Waals surface area contributed by atoms with Crippen LogP contribution in [0.3, 0.4) is 0 Å². The van der Waals surface area contributed by atoms with E-state index in [0.717, 1.165) is 13.0 Å².